The molecule has 1 amide bonds. The number of fused-ring (bicyclic) bond motifs is 3. The number of aliphatic carboxylic acids is 1. The van der Waals surface area contributed by atoms with Crippen molar-refractivity contribution in [2.24, 2.45) is 0 Å². The average Bonchev–Trinajstić information content (AvgIpc) is 3.25. The number of benzene rings is 4. The first-order chi connectivity index (χ1) is 18.7. The summed E-state index contributed by atoms with van der Waals surface area (Å²) in [5.74, 6) is -1.36. The quantitative estimate of drug-likeness (QED) is 0.272. The Kier molecular flexibility index (Phi) is 7.11. The van der Waals surface area contributed by atoms with Gasteiger partial charge in [-0.2, -0.15) is 13.2 Å². The SMILES string of the molecule is O=C(NC(Cc1ccc(-c2ccc(C(F)(F)F)cc2)cc1)C(=O)O)OCC1c2ccccc2-c2ccccc21. The van der Waals surface area contributed by atoms with Gasteiger partial charge in [-0.3, -0.25) is 0 Å². The number of hydrogen-bond acceptors (Lipinski definition) is 3. The van der Waals surface area contributed by atoms with Crippen LogP contribution in [-0.4, -0.2) is 29.8 Å². The molecule has 1 atom stereocenters. The Balaban J connectivity index is 1.21. The first kappa shape index (κ1) is 26.0. The topological polar surface area (TPSA) is 75.6 Å². The van der Waals surface area contributed by atoms with Crippen LogP contribution in [0.1, 0.15) is 28.2 Å². The highest BCUT2D eigenvalue weighted by Gasteiger charge is 2.31. The number of alkyl halides is 3. The average molecular weight is 532 g/mol. The second-order valence-corrected chi connectivity index (χ2v) is 9.34. The Morgan fingerprint density at radius 1 is 0.795 bits per heavy atom. The van der Waals surface area contributed by atoms with E-state index in [1.54, 1.807) is 24.3 Å². The van der Waals surface area contributed by atoms with E-state index in [2.05, 4.69) is 5.32 Å². The van der Waals surface area contributed by atoms with Crippen LogP contribution in [0.3, 0.4) is 0 Å². The van der Waals surface area contributed by atoms with Crippen molar-refractivity contribution in [3.8, 4) is 22.3 Å². The van der Waals surface area contributed by atoms with E-state index in [9.17, 15) is 27.9 Å². The lowest BCUT2D eigenvalue weighted by Gasteiger charge is -2.17. The number of rotatable bonds is 7. The molecule has 2 N–H and O–H groups in total. The van der Waals surface area contributed by atoms with Crippen LogP contribution in [0.25, 0.3) is 22.3 Å². The van der Waals surface area contributed by atoms with Gasteiger partial charge in [0.15, 0.2) is 0 Å². The van der Waals surface area contributed by atoms with Gasteiger partial charge in [0.25, 0.3) is 0 Å². The van der Waals surface area contributed by atoms with Gasteiger partial charge in [-0.25, -0.2) is 9.59 Å². The predicted octanol–water partition coefficient (Wildman–Crippen LogP) is 6.91. The monoisotopic (exact) mass is 531 g/mol. The van der Waals surface area contributed by atoms with Gasteiger partial charge in [-0.1, -0.05) is 84.9 Å². The Bertz CT molecular complexity index is 1450. The summed E-state index contributed by atoms with van der Waals surface area (Å²) < 4.78 is 43.9. The molecule has 0 spiro atoms. The molecule has 0 saturated carbocycles. The molecule has 198 valence electrons. The van der Waals surface area contributed by atoms with E-state index in [4.69, 9.17) is 4.74 Å². The number of carboxylic acid groups (broad SMARTS) is 1. The molecule has 5 nitrogen and oxygen atoms in total. The molecule has 0 bridgehead atoms. The van der Waals surface area contributed by atoms with Crippen LogP contribution in [0.5, 0.6) is 0 Å². The summed E-state index contributed by atoms with van der Waals surface area (Å²) >= 11 is 0. The summed E-state index contributed by atoms with van der Waals surface area (Å²) in [7, 11) is 0. The van der Waals surface area contributed by atoms with Gasteiger partial charge in [0.2, 0.25) is 0 Å². The number of carbonyl (C=O) groups is 2. The third kappa shape index (κ3) is 5.65. The number of carbonyl (C=O) groups excluding carboxylic acids is 1. The fraction of sp³-hybridized carbons (Fsp3) is 0.161. The first-order valence-corrected chi connectivity index (χ1v) is 12.3. The molecule has 4 aromatic rings. The van der Waals surface area contributed by atoms with Crippen LogP contribution >= 0.6 is 0 Å². The van der Waals surface area contributed by atoms with Crippen molar-refractivity contribution in [2.75, 3.05) is 6.61 Å². The van der Waals surface area contributed by atoms with Gasteiger partial charge < -0.3 is 15.2 Å². The van der Waals surface area contributed by atoms with E-state index in [0.29, 0.717) is 16.7 Å². The smallest absolute Gasteiger partial charge is 0.416 e. The molecule has 0 saturated heterocycles. The van der Waals surface area contributed by atoms with Crippen LogP contribution in [0, 0.1) is 0 Å². The third-order valence-corrected chi connectivity index (χ3v) is 6.87. The molecule has 1 aliphatic carbocycles. The molecule has 0 aromatic heterocycles. The van der Waals surface area contributed by atoms with Gasteiger partial charge in [0, 0.05) is 12.3 Å². The summed E-state index contributed by atoms with van der Waals surface area (Å²) in [6, 6.07) is 26.2. The maximum absolute atomic E-state index is 12.8. The highest BCUT2D eigenvalue weighted by atomic mass is 19.4. The molecular weight excluding hydrogens is 507 g/mol. The lowest BCUT2D eigenvalue weighted by Crippen LogP contribution is -2.42. The second kappa shape index (κ2) is 10.6. The minimum absolute atomic E-state index is 0.00677. The molecule has 1 aliphatic rings. The van der Waals surface area contributed by atoms with Gasteiger partial charge in [-0.05, 0) is 51.1 Å². The molecular formula is C31H24F3NO4. The molecule has 0 radical (unpaired) electrons. The highest BCUT2D eigenvalue weighted by molar-refractivity contribution is 5.81. The van der Waals surface area contributed by atoms with Gasteiger partial charge in [-0.15, -0.1) is 0 Å². The number of ether oxygens (including phenoxy) is 1. The van der Waals surface area contributed by atoms with E-state index in [1.807, 2.05) is 48.5 Å². The van der Waals surface area contributed by atoms with Crippen LogP contribution in [-0.2, 0) is 22.1 Å². The van der Waals surface area contributed by atoms with Crippen molar-refractivity contribution >= 4 is 12.1 Å². The lowest BCUT2D eigenvalue weighted by atomic mass is 9.98. The zero-order valence-corrected chi connectivity index (χ0v) is 20.6. The lowest BCUT2D eigenvalue weighted by molar-refractivity contribution is -0.139. The largest absolute Gasteiger partial charge is 0.480 e. The van der Waals surface area contributed by atoms with Crippen molar-refractivity contribution in [1.82, 2.24) is 5.32 Å². The van der Waals surface area contributed by atoms with Crippen LogP contribution in [0.2, 0.25) is 0 Å². The molecule has 39 heavy (non-hydrogen) atoms. The van der Waals surface area contributed by atoms with E-state index in [1.165, 1.54) is 12.1 Å². The number of nitrogens with one attached hydrogen (secondary N) is 1. The Hall–Kier alpha value is -4.59. The van der Waals surface area contributed by atoms with Crippen molar-refractivity contribution < 1.29 is 32.6 Å². The Morgan fingerprint density at radius 3 is 1.82 bits per heavy atom. The minimum atomic E-state index is -4.41. The number of alkyl carbamates (subject to hydrolysis) is 1. The first-order valence-electron chi connectivity index (χ1n) is 12.3. The van der Waals surface area contributed by atoms with E-state index in [0.717, 1.165) is 34.4 Å². The number of hydrogen-bond donors (Lipinski definition) is 2. The van der Waals surface area contributed by atoms with Crippen molar-refractivity contribution in [3.05, 3.63) is 119 Å². The van der Waals surface area contributed by atoms with Crippen LogP contribution < -0.4 is 5.32 Å². The van der Waals surface area contributed by atoms with Crippen LogP contribution in [0.15, 0.2) is 97.1 Å². The van der Waals surface area contributed by atoms with Gasteiger partial charge in [0.1, 0.15) is 12.6 Å². The molecule has 4 aromatic carbocycles. The molecule has 0 heterocycles. The van der Waals surface area contributed by atoms with Gasteiger partial charge in [0.05, 0.1) is 5.56 Å². The zero-order valence-electron chi connectivity index (χ0n) is 20.6. The van der Waals surface area contributed by atoms with E-state index < -0.39 is 29.8 Å². The van der Waals surface area contributed by atoms with Crippen molar-refractivity contribution in [1.29, 1.82) is 0 Å². The molecule has 0 fully saturated rings. The molecule has 8 heteroatoms. The molecule has 5 rings (SSSR count). The minimum Gasteiger partial charge on any atom is -0.480 e. The molecule has 0 aliphatic heterocycles. The van der Waals surface area contributed by atoms with Gasteiger partial charge >= 0.3 is 18.2 Å². The van der Waals surface area contributed by atoms with Crippen molar-refractivity contribution in [3.63, 3.8) is 0 Å². The second-order valence-electron chi connectivity index (χ2n) is 9.34. The Labute approximate surface area is 222 Å². The van der Waals surface area contributed by atoms with Crippen molar-refractivity contribution in [2.45, 2.75) is 24.6 Å². The standard InChI is InChI=1S/C31H24F3NO4/c32-31(33,34)22-15-13-21(14-16-22)20-11-9-19(10-12-20)17-28(29(36)37)35-30(38)39-18-27-25-7-3-1-5-23(25)24-6-2-4-8-26(24)27/h1-16,27-28H,17-18H2,(H,35,38)(H,36,37). The Morgan fingerprint density at radius 2 is 1.31 bits per heavy atom. The maximum atomic E-state index is 12.8. The number of halogens is 3. The summed E-state index contributed by atoms with van der Waals surface area (Å²) in [4.78, 5) is 24.5. The summed E-state index contributed by atoms with van der Waals surface area (Å²) in [5, 5.41) is 12.1. The third-order valence-electron chi connectivity index (χ3n) is 6.87. The number of carboxylic acids is 1. The summed E-state index contributed by atoms with van der Waals surface area (Å²) in [5.41, 5.74) is 5.47. The fourth-order valence-corrected chi connectivity index (χ4v) is 4.90. The maximum Gasteiger partial charge on any atom is 0.416 e. The summed E-state index contributed by atoms with van der Waals surface area (Å²) in [6.07, 6.45) is -5.23. The predicted molar refractivity (Wildman–Crippen MR) is 140 cm³/mol. The zero-order chi connectivity index (χ0) is 27.6. The van der Waals surface area contributed by atoms with Crippen LogP contribution in [0.4, 0.5) is 18.0 Å². The summed E-state index contributed by atoms with van der Waals surface area (Å²) in [6.45, 7) is 0.0635. The highest BCUT2D eigenvalue weighted by Crippen LogP contribution is 2.44. The fourth-order valence-electron chi connectivity index (χ4n) is 4.90. The normalized spacial score (nSPS) is 13.3. The number of amides is 1. The van der Waals surface area contributed by atoms with E-state index >= 15 is 0 Å². The molecule has 1 unspecified atom stereocenters. The van der Waals surface area contributed by atoms with E-state index in [-0.39, 0.29) is 18.9 Å².